The molecule has 1 fully saturated rings. The van der Waals surface area contributed by atoms with Gasteiger partial charge >= 0.3 is 0 Å². The highest BCUT2D eigenvalue weighted by atomic mass is 31.2. The van der Waals surface area contributed by atoms with Gasteiger partial charge in [0, 0.05) is 17.9 Å². The van der Waals surface area contributed by atoms with Gasteiger partial charge in [-0.15, -0.1) is 0 Å². The minimum atomic E-state index is -2.59. The van der Waals surface area contributed by atoms with Crippen molar-refractivity contribution in [1.82, 2.24) is 10.4 Å². The average molecular weight is 252 g/mol. The van der Waals surface area contributed by atoms with Gasteiger partial charge in [-0.2, -0.15) is 0 Å². The van der Waals surface area contributed by atoms with Gasteiger partial charge in [0.1, 0.15) is 0 Å². The zero-order valence-corrected chi connectivity index (χ0v) is 11.8. The first-order valence-electron chi connectivity index (χ1n) is 6.05. The Morgan fingerprint density at radius 2 is 1.88 bits per heavy atom. The van der Waals surface area contributed by atoms with Gasteiger partial charge in [0.2, 0.25) is 0 Å². The Bertz CT molecular complexity index is 453. The molecule has 94 valence electrons. The molecule has 0 radical (unpaired) electrons. The first kappa shape index (κ1) is 12.8. The molecular formula is C13H21N2OP. The molecular weight excluding hydrogens is 231 g/mol. The van der Waals surface area contributed by atoms with E-state index >= 15 is 0 Å². The molecule has 2 atom stereocenters. The van der Waals surface area contributed by atoms with E-state index in [-0.39, 0.29) is 0 Å². The molecule has 1 aliphatic rings. The zero-order chi connectivity index (χ0) is 12.7. The lowest BCUT2D eigenvalue weighted by atomic mass is 10.2. The second-order valence-electron chi connectivity index (χ2n) is 5.41. The van der Waals surface area contributed by atoms with Crippen LogP contribution < -0.4 is 15.7 Å². The number of rotatable bonds is 1. The van der Waals surface area contributed by atoms with E-state index in [1.54, 1.807) is 0 Å². The minimum absolute atomic E-state index is 0.345. The van der Waals surface area contributed by atoms with E-state index in [4.69, 9.17) is 0 Å². The average Bonchev–Trinajstić information content (AvgIpc) is 2.24. The predicted octanol–water partition coefficient (Wildman–Crippen LogP) is 2.22. The fourth-order valence-electron chi connectivity index (χ4n) is 2.38. The Hall–Kier alpha value is -0.630. The fraction of sp³-hybridized carbons (Fsp3) is 0.538. The molecule has 1 aliphatic heterocycles. The lowest BCUT2D eigenvalue weighted by Crippen LogP contribution is -2.57. The van der Waals surface area contributed by atoms with Gasteiger partial charge < -0.3 is 5.32 Å². The summed E-state index contributed by atoms with van der Waals surface area (Å²) in [6, 6.07) is 8.33. The van der Waals surface area contributed by atoms with Crippen LogP contribution in [0.25, 0.3) is 0 Å². The molecule has 1 aromatic carbocycles. The lowest BCUT2D eigenvalue weighted by Gasteiger charge is -2.43. The molecule has 0 amide bonds. The number of hydrogen-bond acceptors (Lipinski definition) is 2. The van der Waals surface area contributed by atoms with Crippen LogP contribution in [0.5, 0.6) is 0 Å². The molecule has 2 N–H and O–H groups in total. The molecule has 17 heavy (non-hydrogen) atoms. The third kappa shape index (κ3) is 2.20. The Morgan fingerprint density at radius 1 is 1.29 bits per heavy atom. The lowest BCUT2D eigenvalue weighted by molar-refractivity contribution is 0.391. The van der Waals surface area contributed by atoms with Crippen LogP contribution in [0.3, 0.4) is 0 Å². The molecule has 1 heterocycles. The van der Waals surface area contributed by atoms with Gasteiger partial charge in [-0.05, 0) is 39.8 Å². The summed E-state index contributed by atoms with van der Waals surface area (Å²) in [5.41, 5.74) is 1.19. The summed E-state index contributed by atoms with van der Waals surface area (Å²) in [4.78, 5) is 0. The molecule has 1 saturated heterocycles. The first-order chi connectivity index (χ1) is 7.85. The van der Waals surface area contributed by atoms with Crippen molar-refractivity contribution in [3.63, 3.8) is 0 Å². The summed E-state index contributed by atoms with van der Waals surface area (Å²) >= 11 is 0. The second kappa shape index (κ2) is 4.24. The van der Waals surface area contributed by atoms with Gasteiger partial charge in [-0.25, -0.2) is 0 Å². The quantitative estimate of drug-likeness (QED) is 0.753. The maximum atomic E-state index is 13.2. The molecule has 3 nitrogen and oxygen atoms in total. The van der Waals surface area contributed by atoms with Crippen molar-refractivity contribution < 1.29 is 4.57 Å². The molecule has 4 heteroatoms. The fourth-order valence-corrected chi connectivity index (χ4v) is 5.10. The number of benzene rings is 1. The molecule has 0 spiro atoms. The molecule has 0 aromatic heterocycles. The van der Waals surface area contributed by atoms with E-state index < -0.39 is 12.6 Å². The van der Waals surface area contributed by atoms with Crippen LogP contribution in [-0.4, -0.2) is 17.9 Å². The van der Waals surface area contributed by atoms with Gasteiger partial charge in [0.15, 0.2) is 7.29 Å². The van der Waals surface area contributed by atoms with Crippen LogP contribution in [-0.2, 0) is 4.57 Å². The summed E-state index contributed by atoms with van der Waals surface area (Å²) in [6.07, 6.45) is 0. The maximum absolute atomic E-state index is 13.2. The summed E-state index contributed by atoms with van der Waals surface area (Å²) in [7, 11) is -2.59. The highest BCUT2D eigenvalue weighted by Crippen LogP contribution is 2.53. The number of aryl methyl sites for hydroxylation is 1. The van der Waals surface area contributed by atoms with Gasteiger partial charge in [0.05, 0.1) is 5.28 Å². The van der Waals surface area contributed by atoms with Gasteiger partial charge in [0.25, 0.3) is 0 Å². The van der Waals surface area contributed by atoms with Gasteiger partial charge in [-0.3, -0.25) is 9.65 Å². The molecule has 0 saturated carbocycles. The van der Waals surface area contributed by atoms with E-state index in [2.05, 4.69) is 17.3 Å². The van der Waals surface area contributed by atoms with E-state index in [0.29, 0.717) is 6.04 Å². The van der Waals surface area contributed by atoms with E-state index in [1.807, 2.05) is 45.0 Å². The largest absolute Gasteiger partial charge is 0.300 e. The number of nitrogens with one attached hydrogen (secondary N) is 2. The number of hydrogen-bond donors (Lipinski definition) is 2. The van der Waals surface area contributed by atoms with Crippen molar-refractivity contribution >= 4 is 12.6 Å². The van der Waals surface area contributed by atoms with E-state index in [0.717, 1.165) is 11.8 Å². The second-order valence-corrected chi connectivity index (χ2v) is 8.58. The Kier molecular flexibility index (Phi) is 3.19. The molecule has 1 aromatic rings. The highest BCUT2D eigenvalue weighted by Gasteiger charge is 2.45. The van der Waals surface area contributed by atoms with Crippen LogP contribution in [0.15, 0.2) is 24.3 Å². The van der Waals surface area contributed by atoms with Crippen LogP contribution in [0.4, 0.5) is 0 Å². The summed E-state index contributed by atoms with van der Waals surface area (Å²) in [5, 5.41) is 7.20. The van der Waals surface area contributed by atoms with Crippen LogP contribution in [0, 0.1) is 6.92 Å². The van der Waals surface area contributed by atoms with Crippen LogP contribution in [0.2, 0.25) is 0 Å². The van der Waals surface area contributed by atoms with Crippen molar-refractivity contribution in [2.75, 3.05) is 6.54 Å². The first-order valence-corrected chi connectivity index (χ1v) is 7.76. The third-order valence-corrected chi connectivity index (χ3v) is 6.76. The summed E-state index contributed by atoms with van der Waals surface area (Å²) in [5.74, 6) is 0. The van der Waals surface area contributed by atoms with Crippen molar-refractivity contribution in [3.05, 3.63) is 29.8 Å². The smallest absolute Gasteiger partial charge is 0.194 e. The van der Waals surface area contributed by atoms with Crippen molar-refractivity contribution in [2.24, 2.45) is 0 Å². The monoisotopic (exact) mass is 252 g/mol. The molecule has 2 rings (SSSR count). The van der Waals surface area contributed by atoms with Gasteiger partial charge in [-0.1, -0.05) is 17.7 Å². The summed E-state index contributed by atoms with van der Waals surface area (Å²) < 4.78 is 13.2. The standard InChI is InChI=1S/C13H21N2OP/c1-10-5-7-12(8-6-10)17(16)13(3,4)15-11(2)9-14-17/h5-8,11,15H,9H2,1-4H3,(H,14,16). The van der Waals surface area contributed by atoms with Crippen LogP contribution in [0.1, 0.15) is 26.3 Å². The maximum Gasteiger partial charge on any atom is 0.194 e. The molecule has 0 aliphatic carbocycles. The Balaban J connectivity index is 2.41. The Labute approximate surface area is 103 Å². The van der Waals surface area contributed by atoms with Crippen molar-refractivity contribution in [3.8, 4) is 0 Å². The summed E-state index contributed by atoms with van der Waals surface area (Å²) in [6.45, 7) is 8.91. The van der Waals surface area contributed by atoms with E-state index in [9.17, 15) is 4.57 Å². The molecule has 2 unspecified atom stereocenters. The normalized spacial score (nSPS) is 32.4. The zero-order valence-electron chi connectivity index (χ0n) is 10.9. The highest BCUT2D eigenvalue weighted by molar-refractivity contribution is 7.71. The SMILES string of the molecule is Cc1ccc(P2(=O)NCC(C)NC2(C)C)cc1. The van der Waals surface area contributed by atoms with Crippen molar-refractivity contribution in [1.29, 1.82) is 0 Å². The third-order valence-electron chi connectivity index (χ3n) is 3.40. The van der Waals surface area contributed by atoms with Crippen LogP contribution >= 0.6 is 7.29 Å². The van der Waals surface area contributed by atoms with E-state index in [1.165, 1.54) is 5.56 Å². The predicted molar refractivity (Wildman–Crippen MR) is 73.1 cm³/mol. The van der Waals surface area contributed by atoms with Crippen molar-refractivity contribution in [2.45, 2.75) is 39.0 Å². The Morgan fingerprint density at radius 3 is 2.41 bits per heavy atom. The molecule has 0 bridgehead atoms. The minimum Gasteiger partial charge on any atom is -0.300 e. The topological polar surface area (TPSA) is 41.1 Å².